The van der Waals surface area contributed by atoms with Crippen molar-refractivity contribution in [1.29, 1.82) is 0 Å². The number of imide groups is 1. The monoisotopic (exact) mass is 765 g/mol. The average molecular weight is 766 g/mol. The number of carbonyl (C=O) groups excluding carboxylic acids is 5. The molecular weight excluding hydrogens is 723 g/mol. The van der Waals surface area contributed by atoms with Crippen molar-refractivity contribution in [2.75, 3.05) is 31.1 Å². The third-order valence-corrected chi connectivity index (χ3v) is 11.9. The molecule has 3 aromatic heterocycles. The van der Waals surface area contributed by atoms with Crippen LogP contribution >= 0.6 is 0 Å². The van der Waals surface area contributed by atoms with Gasteiger partial charge in [-0.2, -0.15) is 0 Å². The van der Waals surface area contributed by atoms with Gasteiger partial charge in [0.15, 0.2) is 0 Å². The summed E-state index contributed by atoms with van der Waals surface area (Å²) in [4.78, 5) is 83.1. The van der Waals surface area contributed by atoms with Gasteiger partial charge in [-0.15, -0.1) is 0 Å². The number of hydrogen-bond acceptors (Lipinski definition) is 9. The Balaban J connectivity index is 0.845. The molecule has 2 aromatic carbocycles. The van der Waals surface area contributed by atoms with Crippen LogP contribution in [0, 0.1) is 5.92 Å². The molecule has 5 amide bonds. The Bertz CT molecular complexity index is 2480. The zero-order valence-electron chi connectivity index (χ0n) is 32.0. The minimum absolute atomic E-state index is 0.0591. The molecule has 2 fully saturated rings. The van der Waals surface area contributed by atoms with E-state index in [-0.39, 0.29) is 36.0 Å². The van der Waals surface area contributed by atoms with Gasteiger partial charge in [-0.05, 0) is 54.5 Å². The van der Waals surface area contributed by atoms with Crippen LogP contribution in [0.1, 0.15) is 71.0 Å². The van der Waals surface area contributed by atoms with E-state index in [0.29, 0.717) is 50.4 Å². The number of benzene rings is 2. The molecule has 0 aliphatic carbocycles. The molecule has 2 N–H and O–H groups in total. The van der Waals surface area contributed by atoms with Crippen molar-refractivity contribution < 1.29 is 24.0 Å². The number of piperidine rings is 1. The summed E-state index contributed by atoms with van der Waals surface area (Å²) in [5.41, 5.74) is 7.22. The van der Waals surface area contributed by atoms with Crippen molar-refractivity contribution in [3.63, 3.8) is 0 Å². The first kappa shape index (κ1) is 36.2. The minimum Gasteiger partial charge on any atom is -0.371 e. The third-order valence-electron chi connectivity index (χ3n) is 11.9. The van der Waals surface area contributed by atoms with Crippen LogP contribution in [0.15, 0.2) is 67.0 Å². The van der Waals surface area contributed by atoms with E-state index in [1.165, 1.54) is 0 Å². The molecule has 2 saturated heterocycles. The molecule has 7 heterocycles. The maximum Gasteiger partial charge on any atom is 0.269 e. The predicted octanol–water partition coefficient (Wildman–Crippen LogP) is 4.10. The lowest BCUT2D eigenvalue weighted by Gasteiger charge is -2.29. The normalized spacial score (nSPS) is 19.2. The summed E-state index contributed by atoms with van der Waals surface area (Å²) in [7, 11) is 0. The van der Waals surface area contributed by atoms with Crippen LogP contribution in [0.3, 0.4) is 0 Å². The van der Waals surface area contributed by atoms with Gasteiger partial charge in [0, 0.05) is 105 Å². The van der Waals surface area contributed by atoms with Gasteiger partial charge in [-0.25, -0.2) is 4.98 Å². The second-order valence-corrected chi connectivity index (χ2v) is 15.3. The molecule has 4 aliphatic heterocycles. The van der Waals surface area contributed by atoms with Crippen molar-refractivity contribution in [3.8, 4) is 22.5 Å². The summed E-state index contributed by atoms with van der Waals surface area (Å²) >= 11 is 0. The minimum atomic E-state index is -0.660. The van der Waals surface area contributed by atoms with Crippen LogP contribution in [0.25, 0.3) is 33.3 Å². The Morgan fingerprint density at radius 2 is 1.77 bits per heavy atom. The highest BCUT2D eigenvalue weighted by Crippen LogP contribution is 2.37. The fraction of sp³-hybridized carbons (Fsp3) is 0.349. The lowest BCUT2D eigenvalue weighted by atomic mass is 10.0. The summed E-state index contributed by atoms with van der Waals surface area (Å²) in [6, 6.07) is 16.8. The van der Waals surface area contributed by atoms with E-state index >= 15 is 0 Å². The second-order valence-electron chi connectivity index (χ2n) is 15.3. The number of fused-ring (bicyclic) bond motifs is 3. The molecule has 0 spiro atoms. The van der Waals surface area contributed by atoms with Gasteiger partial charge in [0.1, 0.15) is 17.6 Å². The molecule has 0 radical (unpaired) electrons. The number of hydrogen-bond donors (Lipinski definition) is 2. The lowest BCUT2D eigenvalue weighted by molar-refractivity contribution is -0.137. The van der Waals surface area contributed by atoms with E-state index in [1.54, 1.807) is 30.2 Å². The fourth-order valence-corrected chi connectivity index (χ4v) is 8.82. The molecule has 0 bridgehead atoms. The summed E-state index contributed by atoms with van der Waals surface area (Å²) in [5.74, 6) is 0.109. The van der Waals surface area contributed by atoms with Crippen molar-refractivity contribution in [2.45, 2.75) is 65.2 Å². The van der Waals surface area contributed by atoms with Gasteiger partial charge < -0.3 is 24.6 Å². The molecule has 2 atom stereocenters. The molecule has 14 nitrogen and oxygen atoms in total. The highest BCUT2D eigenvalue weighted by molar-refractivity contribution is 6.06. The van der Waals surface area contributed by atoms with Crippen LogP contribution < -0.4 is 15.5 Å². The van der Waals surface area contributed by atoms with E-state index in [0.717, 1.165) is 82.0 Å². The van der Waals surface area contributed by atoms with Crippen LogP contribution in [0.2, 0.25) is 0 Å². The standard InChI is InChI=1S/C43H43N9O5/c1-3-38-47-40(37-24-49(25(2)53)16-17-51(37)38)29-7-4-6-27-18-34(45-21-31(27)29)28-10-11-33(44-20-28)41(55)46-19-26-14-15-50(22-26)35-9-5-8-30-32(35)23-52(43(30)57)36-12-13-39(54)48-42(36)56/h4-11,18,20-21,26,36H,3,12-17,19,22-24H2,1-2H3,(H,46,55)(H,48,54,56). The molecule has 2 unspecified atom stereocenters. The first-order valence-electron chi connectivity index (χ1n) is 19.7. The number of aryl methyl sites for hydroxylation is 1. The second kappa shape index (κ2) is 14.6. The van der Waals surface area contributed by atoms with Crippen LogP contribution in [-0.2, 0) is 40.4 Å². The molecule has 290 valence electrons. The van der Waals surface area contributed by atoms with Gasteiger partial charge in [0.2, 0.25) is 17.7 Å². The van der Waals surface area contributed by atoms with Gasteiger partial charge in [-0.3, -0.25) is 39.3 Å². The van der Waals surface area contributed by atoms with Crippen molar-refractivity contribution in [2.24, 2.45) is 5.92 Å². The zero-order chi connectivity index (χ0) is 39.4. The summed E-state index contributed by atoms with van der Waals surface area (Å²) in [6.07, 6.45) is 5.75. The largest absolute Gasteiger partial charge is 0.371 e. The summed E-state index contributed by atoms with van der Waals surface area (Å²) < 4.78 is 2.25. The average Bonchev–Trinajstić information content (AvgIpc) is 3.95. The number of rotatable bonds is 8. The topological polar surface area (TPSA) is 163 Å². The zero-order valence-corrected chi connectivity index (χ0v) is 32.0. The van der Waals surface area contributed by atoms with Gasteiger partial charge >= 0.3 is 0 Å². The van der Waals surface area contributed by atoms with E-state index in [9.17, 15) is 24.0 Å². The molecular formula is C43H43N9O5. The number of carbonyl (C=O) groups is 5. The van der Waals surface area contributed by atoms with Crippen molar-refractivity contribution in [1.82, 2.24) is 40.0 Å². The highest BCUT2D eigenvalue weighted by Gasteiger charge is 2.41. The fourth-order valence-electron chi connectivity index (χ4n) is 8.82. The lowest BCUT2D eigenvalue weighted by Crippen LogP contribution is -2.52. The smallest absolute Gasteiger partial charge is 0.269 e. The van der Waals surface area contributed by atoms with Crippen LogP contribution in [-0.4, -0.2) is 91.1 Å². The quantitative estimate of drug-likeness (QED) is 0.222. The third kappa shape index (κ3) is 6.58. The number of nitrogens with one attached hydrogen (secondary N) is 2. The van der Waals surface area contributed by atoms with E-state index in [1.807, 2.05) is 41.4 Å². The van der Waals surface area contributed by atoms with E-state index < -0.39 is 11.9 Å². The molecule has 5 aromatic rings. The SMILES string of the molecule is CCc1nc(-c2cccc3cc(-c4ccc(C(=O)NCC5CCN(c6cccc7c6CN(C6CCC(=O)NC6=O)C7=O)C5)nc4)ncc23)c2n1CCN(C(C)=O)C2. The van der Waals surface area contributed by atoms with E-state index in [2.05, 4.69) is 44.1 Å². The first-order valence-corrected chi connectivity index (χ1v) is 19.7. The Morgan fingerprint density at radius 3 is 2.56 bits per heavy atom. The number of imidazole rings is 1. The highest BCUT2D eigenvalue weighted by atomic mass is 16.2. The molecule has 0 saturated carbocycles. The number of amides is 5. The number of aromatic nitrogens is 4. The molecule has 57 heavy (non-hydrogen) atoms. The van der Waals surface area contributed by atoms with Gasteiger partial charge in [-0.1, -0.05) is 31.2 Å². The van der Waals surface area contributed by atoms with E-state index in [4.69, 9.17) is 9.97 Å². The molecule has 4 aliphatic rings. The van der Waals surface area contributed by atoms with Crippen molar-refractivity contribution >= 4 is 46.0 Å². The maximum absolute atomic E-state index is 13.3. The molecule has 14 heteroatoms. The Morgan fingerprint density at radius 1 is 0.930 bits per heavy atom. The first-order chi connectivity index (χ1) is 27.7. The Labute approximate surface area is 329 Å². The van der Waals surface area contributed by atoms with Gasteiger partial charge in [0.05, 0.1) is 23.6 Å². The number of anilines is 1. The van der Waals surface area contributed by atoms with Crippen LogP contribution in [0.5, 0.6) is 0 Å². The van der Waals surface area contributed by atoms with Crippen molar-refractivity contribution in [3.05, 3.63) is 95.3 Å². The number of nitrogens with zero attached hydrogens (tertiary/aromatic N) is 7. The Kier molecular flexibility index (Phi) is 9.26. The van der Waals surface area contributed by atoms with Gasteiger partial charge in [0.25, 0.3) is 11.8 Å². The number of pyridine rings is 2. The Hall–Kier alpha value is -6.44. The maximum atomic E-state index is 13.3. The van der Waals surface area contributed by atoms with Crippen LogP contribution in [0.4, 0.5) is 5.69 Å². The summed E-state index contributed by atoms with van der Waals surface area (Å²) in [6.45, 7) is 7.94. The summed E-state index contributed by atoms with van der Waals surface area (Å²) in [5, 5.41) is 7.40. The molecule has 9 rings (SSSR count). The predicted molar refractivity (Wildman–Crippen MR) is 212 cm³/mol.